The standard InChI is InChI=1S/C21H22/c1-5-17-10-11-21-16(4)19(12-13-20(21)15(17)3)18-8-6-14(2)7-9-18/h6-12H,4-5,13H2,1-3H3. The van der Waals surface area contributed by atoms with Crippen molar-refractivity contribution in [1.82, 2.24) is 0 Å². The topological polar surface area (TPSA) is 0 Å². The van der Waals surface area contributed by atoms with Crippen molar-refractivity contribution in [1.29, 1.82) is 0 Å². The second-order valence-electron chi connectivity index (χ2n) is 5.90. The van der Waals surface area contributed by atoms with Gasteiger partial charge in [0.25, 0.3) is 0 Å². The molecule has 106 valence electrons. The van der Waals surface area contributed by atoms with E-state index in [9.17, 15) is 0 Å². The first-order valence-corrected chi connectivity index (χ1v) is 7.70. The van der Waals surface area contributed by atoms with Crippen molar-refractivity contribution in [3.8, 4) is 0 Å². The normalized spacial score (nSPS) is 13.9. The highest BCUT2D eigenvalue weighted by atomic mass is 14.2. The molecule has 0 spiro atoms. The smallest absolute Gasteiger partial charge is 0.00791 e. The predicted octanol–water partition coefficient (Wildman–Crippen LogP) is 5.52. The average molecular weight is 274 g/mol. The van der Waals surface area contributed by atoms with Gasteiger partial charge < -0.3 is 0 Å². The summed E-state index contributed by atoms with van der Waals surface area (Å²) in [5.74, 6) is 0. The van der Waals surface area contributed by atoms with E-state index in [1.807, 2.05) is 0 Å². The van der Waals surface area contributed by atoms with Crippen molar-refractivity contribution in [3.63, 3.8) is 0 Å². The molecule has 0 saturated carbocycles. The lowest BCUT2D eigenvalue weighted by Gasteiger charge is -2.23. The Morgan fingerprint density at radius 3 is 2.38 bits per heavy atom. The third-order valence-corrected chi connectivity index (χ3v) is 4.61. The summed E-state index contributed by atoms with van der Waals surface area (Å²) in [5, 5.41) is 0. The Balaban J connectivity index is 2.05. The van der Waals surface area contributed by atoms with Gasteiger partial charge in [-0.05, 0) is 65.7 Å². The van der Waals surface area contributed by atoms with E-state index in [4.69, 9.17) is 0 Å². The van der Waals surface area contributed by atoms with Gasteiger partial charge in [0.1, 0.15) is 0 Å². The molecule has 21 heavy (non-hydrogen) atoms. The van der Waals surface area contributed by atoms with Crippen LogP contribution in [0.5, 0.6) is 0 Å². The summed E-state index contributed by atoms with van der Waals surface area (Å²) in [7, 11) is 0. The summed E-state index contributed by atoms with van der Waals surface area (Å²) < 4.78 is 0. The van der Waals surface area contributed by atoms with Gasteiger partial charge in [-0.15, -0.1) is 0 Å². The van der Waals surface area contributed by atoms with Crippen molar-refractivity contribution >= 4 is 11.1 Å². The van der Waals surface area contributed by atoms with Crippen LogP contribution in [0.4, 0.5) is 0 Å². The fourth-order valence-corrected chi connectivity index (χ4v) is 3.23. The van der Waals surface area contributed by atoms with Gasteiger partial charge in [-0.3, -0.25) is 0 Å². The van der Waals surface area contributed by atoms with E-state index in [2.05, 4.69) is 69.8 Å². The molecule has 0 aromatic heterocycles. The molecule has 0 atom stereocenters. The van der Waals surface area contributed by atoms with E-state index >= 15 is 0 Å². The van der Waals surface area contributed by atoms with Crippen molar-refractivity contribution in [2.75, 3.05) is 0 Å². The average Bonchev–Trinajstić information content (AvgIpc) is 2.50. The molecule has 0 amide bonds. The molecule has 0 saturated heterocycles. The van der Waals surface area contributed by atoms with E-state index in [0.717, 1.165) is 18.4 Å². The number of benzene rings is 2. The van der Waals surface area contributed by atoms with Crippen LogP contribution < -0.4 is 0 Å². The summed E-state index contributed by atoms with van der Waals surface area (Å²) in [6.45, 7) is 11.0. The van der Waals surface area contributed by atoms with Crippen LogP contribution in [0.15, 0.2) is 49.1 Å². The highest BCUT2D eigenvalue weighted by molar-refractivity contribution is 6.06. The molecular weight excluding hydrogens is 252 g/mol. The maximum absolute atomic E-state index is 4.36. The second-order valence-corrected chi connectivity index (χ2v) is 5.90. The monoisotopic (exact) mass is 274 g/mol. The van der Waals surface area contributed by atoms with Crippen LogP contribution in [-0.2, 0) is 12.8 Å². The van der Waals surface area contributed by atoms with Crippen molar-refractivity contribution in [2.45, 2.75) is 33.6 Å². The minimum atomic E-state index is 1.01. The molecule has 1 aliphatic rings. The third kappa shape index (κ3) is 2.35. The first kappa shape index (κ1) is 13.9. The quantitative estimate of drug-likeness (QED) is 0.676. The molecular formula is C21H22. The summed E-state index contributed by atoms with van der Waals surface area (Å²) >= 11 is 0. The van der Waals surface area contributed by atoms with E-state index in [-0.39, 0.29) is 0 Å². The molecule has 1 aliphatic carbocycles. The zero-order valence-corrected chi connectivity index (χ0v) is 13.2. The summed E-state index contributed by atoms with van der Waals surface area (Å²) in [5.41, 5.74) is 10.7. The highest BCUT2D eigenvalue weighted by Gasteiger charge is 2.18. The maximum atomic E-state index is 4.36. The molecule has 0 fully saturated rings. The maximum Gasteiger partial charge on any atom is -0.00791 e. The molecule has 0 heterocycles. The fraction of sp³-hybridized carbons (Fsp3) is 0.238. The van der Waals surface area contributed by atoms with Gasteiger partial charge in [-0.25, -0.2) is 0 Å². The Morgan fingerprint density at radius 2 is 1.71 bits per heavy atom. The SMILES string of the molecule is C=C1C(c2ccc(C)cc2)=CCc2c1ccc(CC)c2C. The lowest BCUT2D eigenvalue weighted by Crippen LogP contribution is -2.05. The van der Waals surface area contributed by atoms with Gasteiger partial charge in [0.2, 0.25) is 0 Å². The van der Waals surface area contributed by atoms with Gasteiger partial charge >= 0.3 is 0 Å². The van der Waals surface area contributed by atoms with E-state index in [0.29, 0.717) is 0 Å². The Labute approximate surface area is 127 Å². The van der Waals surface area contributed by atoms with Crippen LogP contribution in [0.2, 0.25) is 0 Å². The van der Waals surface area contributed by atoms with Gasteiger partial charge in [0.05, 0.1) is 0 Å². The minimum Gasteiger partial charge on any atom is -0.0905 e. The van der Waals surface area contributed by atoms with Crippen molar-refractivity contribution < 1.29 is 0 Å². The van der Waals surface area contributed by atoms with E-state index in [1.54, 1.807) is 0 Å². The number of hydrogen-bond acceptors (Lipinski definition) is 0. The molecule has 0 heteroatoms. The van der Waals surface area contributed by atoms with E-state index in [1.165, 1.54) is 39.0 Å². The Hall–Kier alpha value is -2.08. The predicted molar refractivity (Wildman–Crippen MR) is 92.5 cm³/mol. The Bertz CT molecular complexity index is 727. The van der Waals surface area contributed by atoms with Crippen LogP contribution in [0.25, 0.3) is 11.1 Å². The van der Waals surface area contributed by atoms with Crippen LogP contribution in [0.3, 0.4) is 0 Å². The number of fused-ring (bicyclic) bond motifs is 1. The van der Waals surface area contributed by atoms with Gasteiger partial charge in [-0.2, -0.15) is 0 Å². The first-order chi connectivity index (χ1) is 10.1. The highest BCUT2D eigenvalue weighted by Crippen LogP contribution is 2.38. The molecule has 0 nitrogen and oxygen atoms in total. The molecule has 2 aromatic carbocycles. The van der Waals surface area contributed by atoms with Gasteiger partial charge in [0, 0.05) is 0 Å². The largest absolute Gasteiger partial charge is 0.0905 e. The molecule has 0 bridgehead atoms. The summed E-state index contributed by atoms with van der Waals surface area (Å²) in [6.07, 6.45) is 4.44. The number of allylic oxidation sites excluding steroid dienone is 3. The number of aryl methyl sites for hydroxylation is 2. The van der Waals surface area contributed by atoms with Crippen LogP contribution in [-0.4, -0.2) is 0 Å². The summed E-state index contributed by atoms with van der Waals surface area (Å²) in [6, 6.07) is 13.3. The van der Waals surface area contributed by atoms with E-state index < -0.39 is 0 Å². The van der Waals surface area contributed by atoms with Crippen molar-refractivity contribution in [3.05, 3.63) is 82.4 Å². The molecule has 3 rings (SSSR count). The van der Waals surface area contributed by atoms with Crippen LogP contribution in [0, 0.1) is 13.8 Å². The molecule has 0 unspecified atom stereocenters. The zero-order valence-electron chi connectivity index (χ0n) is 13.2. The molecule has 0 radical (unpaired) electrons. The summed E-state index contributed by atoms with van der Waals surface area (Å²) in [4.78, 5) is 0. The lowest BCUT2D eigenvalue weighted by atomic mass is 9.81. The van der Waals surface area contributed by atoms with Crippen molar-refractivity contribution in [2.24, 2.45) is 0 Å². The molecule has 0 aliphatic heterocycles. The number of rotatable bonds is 2. The minimum absolute atomic E-state index is 1.01. The van der Waals surface area contributed by atoms with Crippen LogP contribution in [0.1, 0.15) is 40.3 Å². The Kier molecular flexibility index (Phi) is 3.55. The second kappa shape index (κ2) is 5.37. The Morgan fingerprint density at radius 1 is 1.00 bits per heavy atom. The third-order valence-electron chi connectivity index (χ3n) is 4.61. The van der Waals surface area contributed by atoms with Gasteiger partial charge in [0.15, 0.2) is 0 Å². The fourth-order valence-electron chi connectivity index (χ4n) is 3.23. The van der Waals surface area contributed by atoms with Crippen LogP contribution >= 0.6 is 0 Å². The molecule has 0 N–H and O–H groups in total. The first-order valence-electron chi connectivity index (χ1n) is 7.70. The van der Waals surface area contributed by atoms with Gasteiger partial charge in [-0.1, -0.05) is 61.5 Å². The lowest BCUT2D eigenvalue weighted by molar-refractivity contribution is 1.07. The zero-order chi connectivity index (χ0) is 15.0. The molecule has 2 aromatic rings. The number of hydrogen-bond donors (Lipinski definition) is 0.